The van der Waals surface area contributed by atoms with Gasteiger partial charge in [-0.3, -0.25) is 4.98 Å². The van der Waals surface area contributed by atoms with E-state index < -0.39 is 0 Å². The number of pyridine rings is 1. The Morgan fingerprint density at radius 1 is 1.15 bits per heavy atom. The maximum Gasteiger partial charge on any atom is 0.177 e. The standard InChI is InChI=1S/C16H15N3O/c1-2-11-6-3-4-8-13(11)15-14(16(17)19-20-15)12-7-5-9-18-10-12/h3-10H,2H2,1H3,(H2,17,19). The van der Waals surface area contributed by atoms with Crippen LogP contribution in [0.5, 0.6) is 0 Å². The molecule has 3 rings (SSSR count). The molecule has 1 aromatic carbocycles. The van der Waals surface area contributed by atoms with E-state index in [2.05, 4.69) is 23.1 Å². The summed E-state index contributed by atoms with van der Waals surface area (Å²) in [7, 11) is 0. The molecule has 2 N–H and O–H groups in total. The van der Waals surface area contributed by atoms with Crippen LogP contribution in [0.2, 0.25) is 0 Å². The van der Waals surface area contributed by atoms with Crippen molar-refractivity contribution < 1.29 is 4.52 Å². The summed E-state index contributed by atoms with van der Waals surface area (Å²) in [6.07, 6.45) is 4.41. The predicted octanol–water partition coefficient (Wildman–Crippen LogP) is 3.55. The molecule has 0 unspecified atom stereocenters. The van der Waals surface area contributed by atoms with Gasteiger partial charge in [0.15, 0.2) is 11.6 Å². The molecular weight excluding hydrogens is 250 g/mol. The van der Waals surface area contributed by atoms with Crippen LogP contribution >= 0.6 is 0 Å². The zero-order valence-corrected chi connectivity index (χ0v) is 11.2. The first-order valence-electron chi connectivity index (χ1n) is 6.55. The lowest BCUT2D eigenvalue weighted by atomic mass is 9.98. The SMILES string of the molecule is CCc1ccccc1-c1onc(N)c1-c1cccnc1. The largest absolute Gasteiger partial charge is 0.380 e. The monoisotopic (exact) mass is 265 g/mol. The van der Waals surface area contributed by atoms with Crippen molar-refractivity contribution in [3.05, 3.63) is 54.4 Å². The van der Waals surface area contributed by atoms with Crippen molar-refractivity contribution in [2.75, 3.05) is 5.73 Å². The first-order chi connectivity index (χ1) is 9.81. The molecule has 4 nitrogen and oxygen atoms in total. The Balaban J connectivity index is 2.22. The summed E-state index contributed by atoms with van der Waals surface area (Å²) >= 11 is 0. The van der Waals surface area contributed by atoms with Gasteiger partial charge < -0.3 is 10.3 Å². The number of aromatic nitrogens is 2. The van der Waals surface area contributed by atoms with E-state index in [1.165, 1.54) is 5.56 Å². The van der Waals surface area contributed by atoms with Gasteiger partial charge in [0.1, 0.15) is 0 Å². The third-order valence-electron chi connectivity index (χ3n) is 3.31. The maximum atomic E-state index is 5.97. The molecule has 0 aliphatic carbocycles. The van der Waals surface area contributed by atoms with Gasteiger partial charge in [-0.2, -0.15) is 0 Å². The number of hydrogen-bond donors (Lipinski definition) is 1. The predicted molar refractivity (Wildman–Crippen MR) is 79.0 cm³/mol. The molecule has 0 radical (unpaired) electrons. The molecule has 4 heteroatoms. The molecule has 20 heavy (non-hydrogen) atoms. The number of rotatable bonds is 3. The van der Waals surface area contributed by atoms with Crippen LogP contribution in [-0.2, 0) is 6.42 Å². The van der Waals surface area contributed by atoms with Crippen LogP contribution < -0.4 is 5.73 Å². The second-order valence-corrected chi connectivity index (χ2v) is 4.52. The third kappa shape index (κ3) is 2.05. The van der Waals surface area contributed by atoms with Crippen molar-refractivity contribution in [1.29, 1.82) is 0 Å². The van der Waals surface area contributed by atoms with Crippen molar-refractivity contribution in [3.63, 3.8) is 0 Å². The Labute approximate surface area is 117 Å². The second-order valence-electron chi connectivity index (χ2n) is 4.52. The number of nitrogen functional groups attached to an aromatic ring is 1. The first kappa shape index (κ1) is 12.4. The van der Waals surface area contributed by atoms with Crippen LogP contribution in [0.3, 0.4) is 0 Å². The van der Waals surface area contributed by atoms with E-state index in [-0.39, 0.29) is 0 Å². The molecule has 0 atom stereocenters. The average Bonchev–Trinajstić information content (AvgIpc) is 2.89. The highest BCUT2D eigenvalue weighted by Crippen LogP contribution is 2.37. The lowest BCUT2D eigenvalue weighted by Crippen LogP contribution is -1.91. The molecule has 3 aromatic rings. The molecule has 2 heterocycles. The normalized spacial score (nSPS) is 10.7. The van der Waals surface area contributed by atoms with Gasteiger partial charge in [0.05, 0.1) is 5.56 Å². The van der Waals surface area contributed by atoms with Crippen molar-refractivity contribution in [2.24, 2.45) is 0 Å². The van der Waals surface area contributed by atoms with E-state index >= 15 is 0 Å². The zero-order valence-electron chi connectivity index (χ0n) is 11.2. The third-order valence-corrected chi connectivity index (χ3v) is 3.31. The summed E-state index contributed by atoms with van der Waals surface area (Å²) in [6, 6.07) is 11.9. The number of benzene rings is 1. The number of nitrogens with zero attached hydrogens (tertiary/aromatic N) is 2. The number of anilines is 1. The molecule has 0 spiro atoms. The summed E-state index contributed by atoms with van der Waals surface area (Å²) in [5.41, 5.74) is 9.91. The van der Waals surface area contributed by atoms with Crippen LogP contribution in [-0.4, -0.2) is 10.1 Å². The van der Waals surface area contributed by atoms with E-state index in [1.54, 1.807) is 12.4 Å². The topological polar surface area (TPSA) is 64.9 Å². The molecule has 100 valence electrons. The minimum absolute atomic E-state index is 0.388. The number of hydrogen-bond acceptors (Lipinski definition) is 4. The summed E-state index contributed by atoms with van der Waals surface area (Å²) < 4.78 is 5.48. The molecule has 0 bridgehead atoms. The fraction of sp³-hybridized carbons (Fsp3) is 0.125. The lowest BCUT2D eigenvalue weighted by molar-refractivity contribution is 0.435. The quantitative estimate of drug-likeness (QED) is 0.786. The number of aryl methyl sites for hydroxylation is 1. The molecule has 0 aliphatic heterocycles. The highest BCUT2D eigenvalue weighted by Gasteiger charge is 2.19. The Bertz CT molecular complexity index is 720. The Morgan fingerprint density at radius 3 is 2.75 bits per heavy atom. The van der Waals surface area contributed by atoms with Crippen LogP contribution in [0.25, 0.3) is 22.5 Å². The molecule has 0 saturated heterocycles. The lowest BCUT2D eigenvalue weighted by Gasteiger charge is -2.06. The summed E-state index contributed by atoms with van der Waals surface area (Å²) in [5, 5.41) is 3.92. The fourth-order valence-corrected chi connectivity index (χ4v) is 2.33. The average molecular weight is 265 g/mol. The first-order valence-corrected chi connectivity index (χ1v) is 6.55. The Morgan fingerprint density at radius 2 is 2.00 bits per heavy atom. The van der Waals surface area contributed by atoms with Gasteiger partial charge in [-0.15, -0.1) is 0 Å². The van der Waals surface area contributed by atoms with Gasteiger partial charge in [0.25, 0.3) is 0 Å². The molecule has 2 aromatic heterocycles. The molecule has 0 saturated carbocycles. The van der Waals surface area contributed by atoms with E-state index in [1.807, 2.05) is 30.3 Å². The van der Waals surface area contributed by atoms with Gasteiger partial charge >= 0.3 is 0 Å². The van der Waals surface area contributed by atoms with Crippen LogP contribution in [0.4, 0.5) is 5.82 Å². The highest BCUT2D eigenvalue weighted by molar-refractivity contribution is 5.87. The minimum atomic E-state index is 0.388. The molecule has 0 fully saturated rings. The van der Waals surface area contributed by atoms with E-state index in [4.69, 9.17) is 10.3 Å². The highest BCUT2D eigenvalue weighted by atomic mass is 16.5. The summed E-state index contributed by atoms with van der Waals surface area (Å²) in [6.45, 7) is 2.11. The molecule has 0 aliphatic rings. The zero-order chi connectivity index (χ0) is 13.9. The molecular formula is C16H15N3O. The van der Waals surface area contributed by atoms with Crippen molar-refractivity contribution >= 4 is 5.82 Å². The van der Waals surface area contributed by atoms with Crippen LogP contribution in [0, 0.1) is 0 Å². The summed E-state index contributed by atoms with van der Waals surface area (Å²) in [4.78, 5) is 4.13. The van der Waals surface area contributed by atoms with E-state index in [0.717, 1.165) is 23.1 Å². The van der Waals surface area contributed by atoms with Gasteiger partial charge in [0.2, 0.25) is 0 Å². The minimum Gasteiger partial charge on any atom is -0.380 e. The van der Waals surface area contributed by atoms with Gasteiger partial charge in [-0.05, 0) is 18.1 Å². The van der Waals surface area contributed by atoms with Crippen molar-refractivity contribution in [2.45, 2.75) is 13.3 Å². The summed E-state index contributed by atoms with van der Waals surface area (Å²) in [5.74, 6) is 1.09. The van der Waals surface area contributed by atoms with Gasteiger partial charge in [0, 0.05) is 23.5 Å². The fourth-order valence-electron chi connectivity index (χ4n) is 2.33. The number of nitrogens with two attached hydrogens (primary N) is 1. The second kappa shape index (κ2) is 5.17. The Hall–Kier alpha value is -2.62. The van der Waals surface area contributed by atoms with Gasteiger partial charge in [-0.1, -0.05) is 42.4 Å². The maximum absolute atomic E-state index is 5.97. The smallest absolute Gasteiger partial charge is 0.177 e. The Kier molecular flexibility index (Phi) is 3.21. The van der Waals surface area contributed by atoms with Gasteiger partial charge in [-0.25, -0.2) is 0 Å². The van der Waals surface area contributed by atoms with Crippen LogP contribution in [0.15, 0.2) is 53.3 Å². The van der Waals surface area contributed by atoms with E-state index in [9.17, 15) is 0 Å². The van der Waals surface area contributed by atoms with Crippen molar-refractivity contribution in [3.8, 4) is 22.5 Å². The van der Waals surface area contributed by atoms with Crippen molar-refractivity contribution in [1.82, 2.24) is 10.1 Å². The van der Waals surface area contributed by atoms with Crippen LogP contribution in [0.1, 0.15) is 12.5 Å². The molecule has 0 amide bonds. The van der Waals surface area contributed by atoms with E-state index in [0.29, 0.717) is 11.6 Å².